The fraction of sp³-hybridized carbons (Fsp3) is 0.500. The zero-order valence-corrected chi connectivity index (χ0v) is 14.6. The summed E-state index contributed by atoms with van der Waals surface area (Å²) >= 11 is 0. The molecule has 0 saturated carbocycles. The predicted octanol–water partition coefficient (Wildman–Crippen LogP) is 2.21. The smallest absolute Gasteiger partial charge is 0.254 e. The molecule has 1 fully saturated rings. The third-order valence-corrected chi connectivity index (χ3v) is 5.42. The van der Waals surface area contributed by atoms with Gasteiger partial charge >= 0.3 is 0 Å². The molecule has 2 aliphatic rings. The number of aliphatic hydroxyl groups excluding tert-OH is 1. The third-order valence-electron chi connectivity index (χ3n) is 5.42. The van der Waals surface area contributed by atoms with Crippen molar-refractivity contribution in [2.75, 3.05) is 26.2 Å². The Morgan fingerprint density at radius 2 is 2.16 bits per heavy atom. The van der Waals surface area contributed by atoms with Gasteiger partial charge in [0.05, 0.1) is 6.61 Å². The maximum Gasteiger partial charge on any atom is 0.254 e. The van der Waals surface area contributed by atoms with Crippen LogP contribution in [0.1, 0.15) is 41.6 Å². The van der Waals surface area contributed by atoms with Crippen molar-refractivity contribution in [2.24, 2.45) is 5.41 Å². The third kappa shape index (κ3) is 3.61. The van der Waals surface area contributed by atoms with Crippen LogP contribution in [0.2, 0.25) is 0 Å². The number of aliphatic hydroxyl groups is 1. The molecule has 1 aromatic carbocycles. The highest BCUT2D eigenvalue weighted by Gasteiger charge is 2.36. The molecule has 1 unspecified atom stereocenters. The lowest BCUT2D eigenvalue weighted by Crippen LogP contribution is -2.48. The van der Waals surface area contributed by atoms with E-state index < -0.39 is 0 Å². The molecule has 1 N–H and O–H groups in total. The van der Waals surface area contributed by atoms with E-state index in [1.807, 2.05) is 35.2 Å². The number of likely N-dealkylation sites (tertiary alicyclic amines) is 1. The van der Waals surface area contributed by atoms with Gasteiger partial charge in [-0.05, 0) is 30.9 Å². The molecule has 1 aromatic rings. The van der Waals surface area contributed by atoms with Crippen LogP contribution in [0.3, 0.4) is 0 Å². The number of nitrogens with zero attached hydrogens (tertiary/aromatic N) is 2. The Labute approximate surface area is 148 Å². The molecule has 0 bridgehead atoms. The van der Waals surface area contributed by atoms with Gasteiger partial charge < -0.3 is 14.9 Å². The van der Waals surface area contributed by atoms with Crippen molar-refractivity contribution in [3.8, 4) is 0 Å². The minimum Gasteiger partial charge on any atom is -0.396 e. The van der Waals surface area contributed by atoms with Gasteiger partial charge in [0.15, 0.2) is 0 Å². The molecule has 1 saturated heterocycles. The van der Waals surface area contributed by atoms with Crippen LogP contribution < -0.4 is 0 Å². The fourth-order valence-electron chi connectivity index (χ4n) is 3.97. The Balaban J connectivity index is 1.56. The molecule has 2 aliphatic heterocycles. The van der Waals surface area contributed by atoms with E-state index in [0.29, 0.717) is 32.5 Å². The average molecular weight is 342 g/mol. The Bertz CT molecular complexity index is 673. The Kier molecular flexibility index (Phi) is 5.23. The summed E-state index contributed by atoms with van der Waals surface area (Å²) in [4.78, 5) is 28.6. The molecule has 3 rings (SSSR count). The van der Waals surface area contributed by atoms with E-state index in [0.717, 1.165) is 30.5 Å². The number of carbonyl (C=O) groups is 2. The number of benzene rings is 1. The summed E-state index contributed by atoms with van der Waals surface area (Å²) in [5.41, 5.74) is 1.52. The van der Waals surface area contributed by atoms with Crippen molar-refractivity contribution >= 4 is 11.8 Å². The molecule has 0 radical (unpaired) electrons. The molecule has 5 heteroatoms. The molecule has 5 nitrogen and oxygen atoms in total. The van der Waals surface area contributed by atoms with Crippen molar-refractivity contribution < 1.29 is 14.7 Å². The van der Waals surface area contributed by atoms with Gasteiger partial charge in [0.25, 0.3) is 5.91 Å². The van der Waals surface area contributed by atoms with Gasteiger partial charge in [-0.25, -0.2) is 0 Å². The number of rotatable bonds is 6. The van der Waals surface area contributed by atoms with Crippen molar-refractivity contribution in [3.05, 3.63) is 48.0 Å². The molecule has 134 valence electrons. The summed E-state index contributed by atoms with van der Waals surface area (Å²) in [6, 6.07) is 7.61. The van der Waals surface area contributed by atoms with E-state index in [1.165, 1.54) is 0 Å². The maximum atomic E-state index is 12.6. The van der Waals surface area contributed by atoms with E-state index in [2.05, 4.69) is 6.58 Å². The van der Waals surface area contributed by atoms with Crippen LogP contribution in [-0.2, 0) is 11.3 Å². The van der Waals surface area contributed by atoms with E-state index in [9.17, 15) is 14.7 Å². The van der Waals surface area contributed by atoms with Crippen LogP contribution in [0, 0.1) is 5.41 Å². The molecular formula is C20H26N2O3. The zero-order chi connectivity index (χ0) is 17.9. The second-order valence-corrected chi connectivity index (χ2v) is 7.20. The highest BCUT2D eigenvalue weighted by atomic mass is 16.3. The first-order chi connectivity index (χ1) is 12.1. The first-order valence-electron chi connectivity index (χ1n) is 8.95. The monoisotopic (exact) mass is 342 g/mol. The standard InChI is InChI=1S/C20H26N2O3/c1-2-9-20(15-23)10-5-11-22(14-20)18(24)8-12-21-13-16-6-3-4-7-17(16)19(21)25/h2-4,6-7,23H,1,5,8-15H2. The highest BCUT2D eigenvalue weighted by Crippen LogP contribution is 2.33. The van der Waals surface area contributed by atoms with Gasteiger partial charge in [-0.2, -0.15) is 0 Å². The molecule has 0 spiro atoms. The van der Waals surface area contributed by atoms with E-state index in [1.54, 1.807) is 4.90 Å². The first-order valence-corrected chi connectivity index (χ1v) is 8.95. The lowest BCUT2D eigenvalue weighted by Gasteiger charge is -2.41. The number of fused-ring (bicyclic) bond motifs is 1. The molecule has 1 atom stereocenters. The summed E-state index contributed by atoms with van der Waals surface area (Å²) < 4.78 is 0. The maximum absolute atomic E-state index is 12.6. The van der Waals surface area contributed by atoms with E-state index in [-0.39, 0.29) is 23.8 Å². The largest absolute Gasteiger partial charge is 0.396 e. The second kappa shape index (κ2) is 7.40. The summed E-state index contributed by atoms with van der Waals surface area (Å²) in [6.07, 6.45) is 4.68. The van der Waals surface area contributed by atoms with Gasteiger partial charge in [-0.3, -0.25) is 9.59 Å². The normalized spacial score (nSPS) is 22.8. The van der Waals surface area contributed by atoms with Crippen LogP contribution in [0.25, 0.3) is 0 Å². The van der Waals surface area contributed by atoms with E-state index in [4.69, 9.17) is 0 Å². The summed E-state index contributed by atoms with van der Waals surface area (Å²) in [7, 11) is 0. The predicted molar refractivity (Wildman–Crippen MR) is 95.9 cm³/mol. The number of carbonyl (C=O) groups excluding carboxylic acids is 2. The van der Waals surface area contributed by atoms with Crippen molar-refractivity contribution in [1.29, 1.82) is 0 Å². The first kappa shape index (κ1) is 17.7. The van der Waals surface area contributed by atoms with Gasteiger partial charge in [-0.15, -0.1) is 6.58 Å². The molecule has 0 aliphatic carbocycles. The Hall–Kier alpha value is -2.14. The van der Waals surface area contributed by atoms with Crippen LogP contribution in [0.15, 0.2) is 36.9 Å². The molecule has 0 aromatic heterocycles. The summed E-state index contributed by atoms with van der Waals surface area (Å²) in [6.45, 7) is 6.17. The molecule has 2 amide bonds. The van der Waals surface area contributed by atoms with Crippen LogP contribution in [-0.4, -0.2) is 53.0 Å². The zero-order valence-electron chi connectivity index (χ0n) is 14.6. The van der Waals surface area contributed by atoms with Crippen molar-refractivity contribution in [3.63, 3.8) is 0 Å². The van der Waals surface area contributed by atoms with E-state index >= 15 is 0 Å². The summed E-state index contributed by atoms with van der Waals surface area (Å²) in [5, 5.41) is 9.77. The lowest BCUT2D eigenvalue weighted by atomic mass is 9.78. The number of allylic oxidation sites excluding steroid dienone is 1. The lowest BCUT2D eigenvalue weighted by molar-refractivity contribution is -0.135. The Morgan fingerprint density at radius 3 is 2.88 bits per heavy atom. The molecular weight excluding hydrogens is 316 g/mol. The fourth-order valence-corrected chi connectivity index (χ4v) is 3.97. The minimum absolute atomic E-state index is 0.0124. The highest BCUT2D eigenvalue weighted by molar-refractivity contribution is 5.98. The minimum atomic E-state index is -0.255. The van der Waals surface area contributed by atoms with Crippen LogP contribution in [0.4, 0.5) is 0 Å². The SMILES string of the molecule is C=CCC1(CO)CCCN(C(=O)CCN2Cc3ccccc3C2=O)C1. The van der Waals surface area contributed by atoms with Gasteiger partial charge in [0, 0.05) is 43.6 Å². The van der Waals surface area contributed by atoms with Gasteiger partial charge in [-0.1, -0.05) is 24.3 Å². The average Bonchev–Trinajstić information content (AvgIpc) is 2.96. The number of amides is 2. The second-order valence-electron chi connectivity index (χ2n) is 7.20. The number of hydrogen-bond acceptors (Lipinski definition) is 3. The number of hydrogen-bond donors (Lipinski definition) is 1. The summed E-state index contributed by atoms with van der Waals surface area (Å²) in [5.74, 6) is 0.0729. The molecule has 25 heavy (non-hydrogen) atoms. The Morgan fingerprint density at radius 1 is 1.36 bits per heavy atom. The molecule has 2 heterocycles. The topological polar surface area (TPSA) is 60.9 Å². The van der Waals surface area contributed by atoms with Crippen molar-refractivity contribution in [1.82, 2.24) is 9.80 Å². The number of piperidine rings is 1. The van der Waals surface area contributed by atoms with Gasteiger partial charge in [0.1, 0.15) is 0 Å². The van der Waals surface area contributed by atoms with Crippen LogP contribution in [0.5, 0.6) is 0 Å². The van der Waals surface area contributed by atoms with Crippen LogP contribution >= 0.6 is 0 Å². The van der Waals surface area contributed by atoms with Crippen molar-refractivity contribution in [2.45, 2.75) is 32.2 Å². The van der Waals surface area contributed by atoms with Gasteiger partial charge in [0.2, 0.25) is 5.91 Å². The quantitative estimate of drug-likeness (QED) is 0.807.